The van der Waals surface area contributed by atoms with Gasteiger partial charge in [-0.3, -0.25) is 0 Å². The number of rotatable bonds is 7. The molecule has 0 aliphatic carbocycles. The molecular weight excluding hydrogens is 206 g/mol. The van der Waals surface area contributed by atoms with Gasteiger partial charge in [-0.25, -0.2) is 0 Å². The Morgan fingerprint density at radius 1 is 1.53 bits per heavy atom. The standard InChI is InChI=1S/C12H21NOS/c1-4-11(9-14-3)13-10(2)8-12-6-5-7-15-12/h5-7,10-11,13H,4,8-9H2,1-3H3. The van der Waals surface area contributed by atoms with Crippen molar-refractivity contribution in [3.63, 3.8) is 0 Å². The van der Waals surface area contributed by atoms with Crippen LogP contribution in [-0.2, 0) is 11.2 Å². The fourth-order valence-corrected chi connectivity index (χ4v) is 2.51. The van der Waals surface area contributed by atoms with E-state index in [-0.39, 0.29) is 0 Å². The maximum Gasteiger partial charge on any atom is 0.0615 e. The zero-order valence-electron chi connectivity index (χ0n) is 9.82. The summed E-state index contributed by atoms with van der Waals surface area (Å²) in [5.74, 6) is 0. The van der Waals surface area contributed by atoms with Crippen LogP contribution < -0.4 is 5.32 Å². The first-order valence-electron chi connectivity index (χ1n) is 5.53. The van der Waals surface area contributed by atoms with Crippen LogP contribution in [0, 0.1) is 0 Å². The molecule has 3 heteroatoms. The summed E-state index contributed by atoms with van der Waals surface area (Å²) in [6, 6.07) is 5.30. The third-order valence-electron chi connectivity index (χ3n) is 2.47. The molecule has 86 valence electrons. The number of methoxy groups -OCH3 is 1. The SMILES string of the molecule is CCC(COC)NC(C)Cc1cccs1. The van der Waals surface area contributed by atoms with Gasteiger partial charge in [0.25, 0.3) is 0 Å². The number of hydrogen-bond donors (Lipinski definition) is 1. The maximum atomic E-state index is 5.17. The van der Waals surface area contributed by atoms with Gasteiger partial charge in [-0.2, -0.15) is 0 Å². The van der Waals surface area contributed by atoms with E-state index in [1.165, 1.54) is 4.88 Å². The highest BCUT2D eigenvalue weighted by molar-refractivity contribution is 7.09. The van der Waals surface area contributed by atoms with Crippen molar-refractivity contribution in [1.82, 2.24) is 5.32 Å². The van der Waals surface area contributed by atoms with Crippen molar-refractivity contribution >= 4 is 11.3 Å². The number of hydrogen-bond acceptors (Lipinski definition) is 3. The molecule has 1 aromatic heterocycles. The predicted octanol–water partition coefficient (Wildman–Crippen LogP) is 2.69. The Morgan fingerprint density at radius 3 is 2.87 bits per heavy atom. The van der Waals surface area contributed by atoms with Gasteiger partial charge in [0.15, 0.2) is 0 Å². The molecule has 1 rings (SSSR count). The number of thiophene rings is 1. The van der Waals surface area contributed by atoms with Gasteiger partial charge >= 0.3 is 0 Å². The highest BCUT2D eigenvalue weighted by Gasteiger charge is 2.10. The van der Waals surface area contributed by atoms with Crippen LogP contribution in [0.4, 0.5) is 0 Å². The summed E-state index contributed by atoms with van der Waals surface area (Å²) in [5.41, 5.74) is 0. The van der Waals surface area contributed by atoms with Gasteiger partial charge < -0.3 is 10.1 Å². The molecule has 0 aliphatic heterocycles. The van der Waals surface area contributed by atoms with E-state index in [4.69, 9.17) is 4.74 Å². The molecule has 0 radical (unpaired) electrons. The third kappa shape index (κ3) is 4.78. The summed E-state index contributed by atoms with van der Waals surface area (Å²) >= 11 is 1.83. The minimum Gasteiger partial charge on any atom is -0.383 e. The fraction of sp³-hybridized carbons (Fsp3) is 0.667. The van der Waals surface area contributed by atoms with Crippen LogP contribution in [0.1, 0.15) is 25.1 Å². The molecule has 1 heterocycles. The molecular formula is C12H21NOS. The molecule has 0 aliphatic rings. The van der Waals surface area contributed by atoms with Crippen LogP contribution in [0.2, 0.25) is 0 Å². The average molecular weight is 227 g/mol. The van der Waals surface area contributed by atoms with Gasteiger partial charge in [-0.1, -0.05) is 13.0 Å². The molecule has 15 heavy (non-hydrogen) atoms. The summed E-state index contributed by atoms with van der Waals surface area (Å²) in [6.07, 6.45) is 2.22. The Kier molecular flexibility index (Phi) is 5.91. The van der Waals surface area contributed by atoms with Gasteiger partial charge in [-0.05, 0) is 31.2 Å². The fourth-order valence-electron chi connectivity index (χ4n) is 1.68. The second kappa shape index (κ2) is 6.99. The minimum absolute atomic E-state index is 0.477. The molecule has 0 spiro atoms. The molecule has 0 saturated carbocycles. The largest absolute Gasteiger partial charge is 0.383 e. The van der Waals surface area contributed by atoms with Crippen molar-refractivity contribution in [2.45, 2.75) is 38.8 Å². The van der Waals surface area contributed by atoms with E-state index < -0.39 is 0 Å². The van der Waals surface area contributed by atoms with E-state index in [1.807, 2.05) is 11.3 Å². The normalized spacial score (nSPS) is 15.1. The van der Waals surface area contributed by atoms with Crippen molar-refractivity contribution in [2.24, 2.45) is 0 Å². The molecule has 0 bridgehead atoms. The van der Waals surface area contributed by atoms with Crippen molar-refractivity contribution in [1.29, 1.82) is 0 Å². The Balaban J connectivity index is 2.30. The lowest BCUT2D eigenvalue weighted by Crippen LogP contribution is -2.40. The molecule has 0 saturated heterocycles. The van der Waals surface area contributed by atoms with Crippen LogP contribution in [0.15, 0.2) is 17.5 Å². The Hall–Kier alpha value is -0.380. The van der Waals surface area contributed by atoms with Gasteiger partial charge in [0.05, 0.1) is 6.61 Å². The second-order valence-electron chi connectivity index (χ2n) is 3.91. The van der Waals surface area contributed by atoms with Crippen molar-refractivity contribution in [2.75, 3.05) is 13.7 Å². The smallest absolute Gasteiger partial charge is 0.0615 e. The summed E-state index contributed by atoms with van der Waals surface area (Å²) in [5, 5.41) is 5.72. The zero-order chi connectivity index (χ0) is 11.1. The molecule has 0 amide bonds. The minimum atomic E-state index is 0.477. The van der Waals surface area contributed by atoms with E-state index in [0.717, 1.165) is 19.4 Å². The highest BCUT2D eigenvalue weighted by Crippen LogP contribution is 2.11. The summed E-state index contributed by atoms with van der Waals surface area (Å²) in [4.78, 5) is 1.45. The summed E-state index contributed by atoms with van der Waals surface area (Å²) < 4.78 is 5.17. The van der Waals surface area contributed by atoms with E-state index >= 15 is 0 Å². The molecule has 2 nitrogen and oxygen atoms in total. The van der Waals surface area contributed by atoms with Crippen LogP contribution >= 0.6 is 11.3 Å². The molecule has 0 aromatic carbocycles. The molecule has 2 unspecified atom stereocenters. The highest BCUT2D eigenvalue weighted by atomic mass is 32.1. The van der Waals surface area contributed by atoms with Crippen molar-refractivity contribution in [3.8, 4) is 0 Å². The average Bonchev–Trinajstić information content (AvgIpc) is 2.69. The topological polar surface area (TPSA) is 21.3 Å². The van der Waals surface area contributed by atoms with E-state index in [1.54, 1.807) is 7.11 Å². The lowest BCUT2D eigenvalue weighted by molar-refractivity contribution is 0.159. The van der Waals surface area contributed by atoms with Crippen LogP contribution in [0.5, 0.6) is 0 Å². The monoisotopic (exact) mass is 227 g/mol. The van der Waals surface area contributed by atoms with Gasteiger partial charge in [-0.15, -0.1) is 11.3 Å². The van der Waals surface area contributed by atoms with Gasteiger partial charge in [0, 0.05) is 24.1 Å². The lowest BCUT2D eigenvalue weighted by Gasteiger charge is -2.21. The second-order valence-corrected chi connectivity index (χ2v) is 4.94. The Labute approximate surface area is 96.7 Å². The van der Waals surface area contributed by atoms with E-state index in [2.05, 4.69) is 36.7 Å². The quantitative estimate of drug-likeness (QED) is 0.773. The Bertz CT molecular complexity index is 248. The van der Waals surface area contributed by atoms with Crippen LogP contribution in [0.25, 0.3) is 0 Å². The van der Waals surface area contributed by atoms with Crippen LogP contribution in [0.3, 0.4) is 0 Å². The summed E-state index contributed by atoms with van der Waals surface area (Å²) in [7, 11) is 1.76. The lowest BCUT2D eigenvalue weighted by atomic mass is 10.1. The van der Waals surface area contributed by atoms with Crippen molar-refractivity contribution in [3.05, 3.63) is 22.4 Å². The first kappa shape index (κ1) is 12.7. The van der Waals surface area contributed by atoms with E-state index in [0.29, 0.717) is 12.1 Å². The maximum absolute atomic E-state index is 5.17. The van der Waals surface area contributed by atoms with Gasteiger partial charge in [0.2, 0.25) is 0 Å². The van der Waals surface area contributed by atoms with E-state index in [9.17, 15) is 0 Å². The first-order valence-corrected chi connectivity index (χ1v) is 6.41. The van der Waals surface area contributed by atoms with Crippen molar-refractivity contribution < 1.29 is 4.74 Å². The zero-order valence-corrected chi connectivity index (χ0v) is 10.6. The summed E-state index contributed by atoms with van der Waals surface area (Å²) in [6.45, 7) is 5.22. The molecule has 1 aromatic rings. The molecule has 2 atom stereocenters. The number of nitrogens with one attached hydrogen (secondary N) is 1. The molecule has 0 fully saturated rings. The Morgan fingerprint density at radius 2 is 2.33 bits per heavy atom. The predicted molar refractivity (Wildman–Crippen MR) is 66.6 cm³/mol. The van der Waals surface area contributed by atoms with Crippen LogP contribution in [-0.4, -0.2) is 25.8 Å². The number of ether oxygens (including phenoxy) is 1. The van der Waals surface area contributed by atoms with Gasteiger partial charge in [0.1, 0.15) is 0 Å². The molecule has 1 N–H and O–H groups in total. The third-order valence-corrected chi connectivity index (χ3v) is 3.37. The first-order chi connectivity index (χ1) is 7.26.